The highest BCUT2D eigenvalue weighted by Gasteiger charge is 2.30. The minimum atomic E-state index is -3.09. The van der Waals surface area contributed by atoms with Crippen LogP contribution in [0.25, 0.3) is 0 Å². The van der Waals surface area contributed by atoms with E-state index < -0.39 is 10.0 Å². The summed E-state index contributed by atoms with van der Waals surface area (Å²) >= 11 is 0. The molecule has 5 heteroatoms. The average molecular weight is 234 g/mol. The summed E-state index contributed by atoms with van der Waals surface area (Å²) < 4.78 is 25.4. The van der Waals surface area contributed by atoms with Gasteiger partial charge in [0.1, 0.15) is 0 Å². The molecule has 15 heavy (non-hydrogen) atoms. The van der Waals surface area contributed by atoms with Crippen molar-refractivity contribution in [1.29, 1.82) is 0 Å². The molecular formula is C10H22N2O2S. The van der Waals surface area contributed by atoms with E-state index in [4.69, 9.17) is 5.73 Å². The summed E-state index contributed by atoms with van der Waals surface area (Å²) in [5, 5.41) is 0. The molecule has 1 aliphatic heterocycles. The van der Waals surface area contributed by atoms with Crippen LogP contribution in [0.1, 0.15) is 27.2 Å². The van der Waals surface area contributed by atoms with Gasteiger partial charge in [0.05, 0.1) is 5.75 Å². The van der Waals surface area contributed by atoms with Crippen LogP contribution in [0, 0.1) is 11.8 Å². The van der Waals surface area contributed by atoms with E-state index in [1.807, 2.05) is 13.8 Å². The zero-order valence-corrected chi connectivity index (χ0v) is 10.6. The molecule has 1 rings (SSSR count). The Morgan fingerprint density at radius 2 is 2.07 bits per heavy atom. The highest BCUT2D eigenvalue weighted by atomic mass is 32.2. The fourth-order valence-corrected chi connectivity index (χ4v) is 3.68. The smallest absolute Gasteiger partial charge is 0.214 e. The van der Waals surface area contributed by atoms with Gasteiger partial charge in [-0.1, -0.05) is 20.8 Å². The highest BCUT2D eigenvalue weighted by molar-refractivity contribution is 7.89. The minimum Gasteiger partial charge on any atom is -0.326 e. The number of nitrogens with zero attached hydrogens (tertiary/aromatic N) is 1. The number of piperidine rings is 1. The van der Waals surface area contributed by atoms with Crippen molar-refractivity contribution in [2.75, 3.05) is 18.8 Å². The molecule has 1 saturated heterocycles. The molecule has 1 fully saturated rings. The van der Waals surface area contributed by atoms with Gasteiger partial charge in [0, 0.05) is 19.1 Å². The molecule has 4 nitrogen and oxygen atoms in total. The first-order chi connectivity index (χ1) is 6.83. The average Bonchev–Trinajstić information content (AvgIpc) is 2.07. The Bertz CT molecular complexity index is 301. The van der Waals surface area contributed by atoms with Crippen LogP contribution in [0.2, 0.25) is 0 Å². The van der Waals surface area contributed by atoms with Crippen molar-refractivity contribution in [3.05, 3.63) is 0 Å². The molecule has 2 N–H and O–H groups in total. The Morgan fingerprint density at radius 3 is 2.53 bits per heavy atom. The van der Waals surface area contributed by atoms with Gasteiger partial charge in [0.15, 0.2) is 0 Å². The van der Waals surface area contributed by atoms with Crippen LogP contribution in [-0.4, -0.2) is 37.6 Å². The van der Waals surface area contributed by atoms with Gasteiger partial charge in [-0.25, -0.2) is 12.7 Å². The van der Waals surface area contributed by atoms with Crippen molar-refractivity contribution in [2.24, 2.45) is 17.6 Å². The first-order valence-corrected chi connectivity index (χ1v) is 7.17. The molecule has 90 valence electrons. The lowest BCUT2D eigenvalue weighted by atomic mass is 9.96. The topological polar surface area (TPSA) is 63.4 Å². The summed E-state index contributed by atoms with van der Waals surface area (Å²) in [5.41, 5.74) is 5.89. The molecule has 0 spiro atoms. The van der Waals surface area contributed by atoms with Crippen LogP contribution in [0.15, 0.2) is 0 Å². The number of nitrogens with two attached hydrogens (primary N) is 1. The lowest BCUT2D eigenvalue weighted by Crippen LogP contribution is -2.50. The van der Waals surface area contributed by atoms with E-state index in [2.05, 4.69) is 6.92 Å². The normalized spacial score (nSPS) is 29.7. The second kappa shape index (κ2) is 4.80. The van der Waals surface area contributed by atoms with E-state index in [9.17, 15) is 8.42 Å². The van der Waals surface area contributed by atoms with Crippen molar-refractivity contribution in [2.45, 2.75) is 33.2 Å². The maximum absolute atomic E-state index is 11.9. The summed E-state index contributed by atoms with van der Waals surface area (Å²) in [6, 6.07) is -0.0133. The van der Waals surface area contributed by atoms with E-state index in [-0.39, 0.29) is 17.7 Å². The Hall–Kier alpha value is -0.130. The summed E-state index contributed by atoms with van der Waals surface area (Å²) in [5.74, 6) is 0.828. The van der Waals surface area contributed by atoms with Crippen molar-refractivity contribution < 1.29 is 8.42 Å². The van der Waals surface area contributed by atoms with Crippen LogP contribution in [0.5, 0.6) is 0 Å². The van der Waals surface area contributed by atoms with Crippen LogP contribution in [0.4, 0.5) is 0 Å². The van der Waals surface area contributed by atoms with E-state index in [1.54, 1.807) is 4.31 Å². The minimum absolute atomic E-state index is 0.0133. The summed E-state index contributed by atoms with van der Waals surface area (Å²) in [7, 11) is -3.09. The number of rotatable bonds is 3. The molecule has 0 radical (unpaired) electrons. The lowest BCUT2D eigenvalue weighted by molar-refractivity contribution is 0.252. The zero-order valence-electron chi connectivity index (χ0n) is 9.81. The molecule has 0 aromatic heterocycles. The SMILES string of the molecule is CC(C)CS(=O)(=O)N1CCC(C)C(N)C1. The Morgan fingerprint density at radius 1 is 1.47 bits per heavy atom. The maximum atomic E-state index is 11.9. The van der Waals surface area contributed by atoms with Crippen LogP contribution in [0.3, 0.4) is 0 Å². The molecule has 2 atom stereocenters. The number of hydrogen-bond donors (Lipinski definition) is 1. The fourth-order valence-electron chi connectivity index (χ4n) is 1.85. The van der Waals surface area contributed by atoms with Gasteiger partial charge in [0.25, 0.3) is 0 Å². The molecule has 0 saturated carbocycles. The third-order valence-electron chi connectivity index (χ3n) is 2.92. The van der Waals surface area contributed by atoms with Gasteiger partial charge >= 0.3 is 0 Å². The lowest BCUT2D eigenvalue weighted by Gasteiger charge is -2.34. The van der Waals surface area contributed by atoms with E-state index in [0.29, 0.717) is 19.0 Å². The second-order valence-electron chi connectivity index (χ2n) is 4.96. The third kappa shape index (κ3) is 3.43. The second-order valence-corrected chi connectivity index (χ2v) is 6.97. The van der Waals surface area contributed by atoms with Crippen LogP contribution < -0.4 is 5.73 Å². The van der Waals surface area contributed by atoms with Crippen LogP contribution >= 0.6 is 0 Å². The first-order valence-electron chi connectivity index (χ1n) is 5.56. The largest absolute Gasteiger partial charge is 0.326 e. The Labute approximate surface area is 92.9 Å². The number of hydrogen-bond acceptors (Lipinski definition) is 3. The van der Waals surface area contributed by atoms with Gasteiger partial charge in [-0.05, 0) is 18.3 Å². The maximum Gasteiger partial charge on any atom is 0.214 e. The first kappa shape index (κ1) is 12.9. The molecule has 1 aliphatic rings. The molecule has 0 aromatic rings. The van der Waals surface area contributed by atoms with Crippen molar-refractivity contribution in [3.8, 4) is 0 Å². The van der Waals surface area contributed by atoms with Crippen molar-refractivity contribution in [3.63, 3.8) is 0 Å². The molecule has 0 aromatic carbocycles. The van der Waals surface area contributed by atoms with E-state index in [1.165, 1.54) is 0 Å². The zero-order chi connectivity index (χ0) is 11.6. The van der Waals surface area contributed by atoms with Gasteiger partial charge < -0.3 is 5.73 Å². The van der Waals surface area contributed by atoms with Crippen molar-refractivity contribution >= 4 is 10.0 Å². The van der Waals surface area contributed by atoms with E-state index in [0.717, 1.165) is 6.42 Å². The molecule has 1 heterocycles. The molecule has 2 unspecified atom stereocenters. The number of sulfonamides is 1. The van der Waals surface area contributed by atoms with Crippen molar-refractivity contribution in [1.82, 2.24) is 4.31 Å². The standard InChI is InChI=1S/C10H22N2O2S/c1-8(2)7-15(13,14)12-5-4-9(3)10(11)6-12/h8-10H,4-7,11H2,1-3H3. The monoisotopic (exact) mass is 234 g/mol. The van der Waals surface area contributed by atoms with Gasteiger partial charge in [-0.3, -0.25) is 0 Å². The van der Waals surface area contributed by atoms with Gasteiger partial charge in [0.2, 0.25) is 10.0 Å². The third-order valence-corrected chi connectivity index (χ3v) is 5.12. The molecule has 0 bridgehead atoms. The predicted molar refractivity (Wildman–Crippen MR) is 62.0 cm³/mol. The van der Waals surface area contributed by atoms with Crippen LogP contribution in [-0.2, 0) is 10.0 Å². The summed E-state index contributed by atoms with van der Waals surface area (Å²) in [6.07, 6.45) is 0.874. The fraction of sp³-hybridized carbons (Fsp3) is 1.00. The summed E-state index contributed by atoms with van der Waals surface area (Å²) in [6.45, 7) is 7.03. The van der Waals surface area contributed by atoms with E-state index >= 15 is 0 Å². The van der Waals surface area contributed by atoms with Gasteiger partial charge in [-0.15, -0.1) is 0 Å². The predicted octanol–water partition coefficient (Wildman–Crippen LogP) is 0.641. The summed E-state index contributed by atoms with van der Waals surface area (Å²) in [4.78, 5) is 0. The van der Waals surface area contributed by atoms with Gasteiger partial charge in [-0.2, -0.15) is 0 Å². The molecule has 0 aliphatic carbocycles. The molecular weight excluding hydrogens is 212 g/mol. The Kier molecular flexibility index (Phi) is 4.14. The quantitative estimate of drug-likeness (QED) is 0.779. The highest BCUT2D eigenvalue weighted by Crippen LogP contribution is 2.19. The Balaban J connectivity index is 2.65. The molecule has 0 amide bonds.